The van der Waals surface area contributed by atoms with Gasteiger partial charge in [0.1, 0.15) is 17.6 Å². The van der Waals surface area contributed by atoms with Gasteiger partial charge >= 0.3 is 0 Å². The molecule has 0 radical (unpaired) electrons. The minimum absolute atomic E-state index is 0.0729. The van der Waals surface area contributed by atoms with Gasteiger partial charge in [-0.3, -0.25) is 4.79 Å². The van der Waals surface area contributed by atoms with E-state index in [0.717, 1.165) is 0 Å². The molecule has 6 heteroatoms. The number of nitriles is 1. The van der Waals surface area contributed by atoms with Gasteiger partial charge in [-0.25, -0.2) is 9.37 Å². The number of hydrogen-bond donors (Lipinski definition) is 1. The molecule has 0 spiro atoms. The Morgan fingerprint density at radius 2 is 2.16 bits per heavy atom. The molecule has 0 saturated carbocycles. The highest BCUT2D eigenvalue weighted by Crippen LogP contribution is 2.20. The van der Waals surface area contributed by atoms with Crippen LogP contribution in [-0.2, 0) is 0 Å². The summed E-state index contributed by atoms with van der Waals surface area (Å²) in [5, 5.41) is 11.0. The van der Waals surface area contributed by atoms with Crippen molar-refractivity contribution >= 4 is 27.5 Å². The summed E-state index contributed by atoms with van der Waals surface area (Å²) >= 11 is 3.19. The summed E-state index contributed by atoms with van der Waals surface area (Å²) in [4.78, 5) is 15.6. The van der Waals surface area contributed by atoms with Gasteiger partial charge in [0.05, 0.1) is 11.3 Å². The SMILES string of the molecule is N#Cc1ccc(C(=O)Nc2cc(Br)ccc2F)cn1. The van der Waals surface area contributed by atoms with Crippen LogP contribution in [-0.4, -0.2) is 10.9 Å². The summed E-state index contributed by atoms with van der Waals surface area (Å²) in [6, 6.07) is 8.97. The number of hydrogen-bond acceptors (Lipinski definition) is 3. The Balaban J connectivity index is 2.21. The normalized spacial score (nSPS) is 9.74. The summed E-state index contributed by atoms with van der Waals surface area (Å²) < 4.78 is 14.1. The number of pyridine rings is 1. The Labute approximate surface area is 117 Å². The molecule has 0 unspecified atom stereocenters. The molecule has 1 heterocycles. The Kier molecular flexibility index (Phi) is 3.88. The molecule has 1 amide bonds. The second-order valence-corrected chi connectivity index (χ2v) is 4.54. The molecule has 0 aliphatic rings. The number of rotatable bonds is 2. The van der Waals surface area contributed by atoms with Crippen molar-refractivity contribution in [3.8, 4) is 6.07 Å². The lowest BCUT2D eigenvalue weighted by Crippen LogP contribution is -2.13. The molecule has 1 aromatic heterocycles. The molecule has 19 heavy (non-hydrogen) atoms. The molecule has 0 atom stereocenters. The molecular formula is C13H7BrFN3O. The molecule has 2 aromatic rings. The minimum Gasteiger partial charge on any atom is -0.319 e. The van der Waals surface area contributed by atoms with Gasteiger partial charge in [-0.15, -0.1) is 0 Å². The van der Waals surface area contributed by atoms with E-state index in [0.29, 0.717) is 4.47 Å². The molecule has 4 nitrogen and oxygen atoms in total. The predicted molar refractivity (Wildman–Crippen MR) is 71.0 cm³/mol. The first-order valence-electron chi connectivity index (χ1n) is 5.22. The van der Waals surface area contributed by atoms with Gasteiger partial charge in [0.15, 0.2) is 0 Å². The molecule has 1 N–H and O–H groups in total. The molecule has 0 saturated heterocycles. The highest BCUT2D eigenvalue weighted by molar-refractivity contribution is 9.10. The number of aromatic nitrogens is 1. The van der Waals surface area contributed by atoms with Crippen molar-refractivity contribution in [2.75, 3.05) is 5.32 Å². The lowest BCUT2D eigenvalue weighted by Gasteiger charge is -2.06. The van der Waals surface area contributed by atoms with Crippen LogP contribution < -0.4 is 5.32 Å². The van der Waals surface area contributed by atoms with Crippen LogP contribution in [0.5, 0.6) is 0 Å². The number of benzene rings is 1. The molecule has 0 fully saturated rings. The van der Waals surface area contributed by atoms with Crippen molar-refractivity contribution < 1.29 is 9.18 Å². The van der Waals surface area contributed by atoms with Gasteiger partial charge in [0, 0.05) is 10.7 Å². The molecule has 1 aromatic carbocycles. The van der Waals surface area contributed by atoms with Crippen molar-refractivity contribution in [2.45, 2.75) is 0 Å². The fourth-order valence-corrected chi connectivity index (χ4v) is 1.74. The lowest BCUT2D eigenvalue weighted by molar-refractivity contribution is 0.102. The quantitative estimate of drug-likeness (QED) is 0.924. The van der Waals surface area contributed by atoms with Crippen molar-refractivity contribution in [3.63, 3.8) is 0 Å². The number of nitrogens with one attached hydrogen (secondary N) is 1. The first-order valence-corrected chi connectivity index (χ1v) is 6.02. The Bertz CT molecular complexity index is 665. The van der Waals surface area contributed by atoms with Crippen LogP contribution in [0, 0.1) is 17.1 Å². The summed E-state index contributed by atoms with van der Waals surface area (Å²) in [6.07, 6.45) is 1.27. The van der Waals surface area contributed by atoms with E-state index < -0.39 is 11.7 Å². The highest BCUT2D eigenvalue weighted by Gasteiger charge is 2.10. The monoisotopic (exact) mass is 319 g/mol. The minimum atomic E-state index is -0.529. The lowest BCUT2D eigenvalue weighted by atomic mass is 10.2. The van der Waals surface area contributed by atoms with E-state index in [2.05, 4.69) is 26.2 Å². The summed E-state index contributed by atoms with van der Waals surface area (Å²) in [5.41, 5.74) is 0.535. The van der Waals surface area contributed by atoms with Gasteiger partial charge < -0.3 is 5.32 Å². The molecule has 94 valence electrons. The van der Waals surface area contributed by atoms with Gasteiger partial charge in [0.2, 0.25) is 0 Å². The summed E-state index contributed by atoms with van der Waals surface area (Å²) in [6.45, 7) is 0. The zero-order chi connectivity index (χ0) is 13.8. The standard InChI is InChI=1S/C13H7BrFN3O/c14-9-2-4-11(15)12(5-9)18-13(19)8-1-3-10(6-16)17-7-8/h1-5,7H,(H,18,19). The average Bonchev–Trinajstić information content (AvgIpc) is 2.43. The third kappa shape index (κ3) is 3.14. The van der Waals surface area contributed by atoms with Crippen LogP contribution in [0.2, 0.25) is 0 Å². The third-order valence-corrected chi connectivity index (χ3v) is 2.81. The maximum atomic E-state index is 13.5. The topological polar surface area (TPSA) is 65.8 Å². The second kappa shape index (κ2) is 5.59. The van der Waals surface area contributed by atoms with Gasteiger partial charge in [-0.1, -0.05) is 15.9 Å². The van der Waals surface area contributed by atoms with Crippen molar-refractivity contribution in [1.82, 2.24) is 4.98 Å². The first kappa shape index (κ1) is 13.2. The first-order chi connectivity index (χ1) is 9.10. The van der Waals surface area contributed by atoms with Crippen LogP contribution in [0.15, 0.2) is 41.0 Å². The van der Waals surface area contributed by atoms with E-state index in [1.165, 1.54) is 36.5 Å². The number of carbonyl (C=O) groups is 1. The van der Waals surface area contributed by atoms with Crippen molar-refractivity contribution in [3.05, 3.63) is 58.1 Å². The van der Waals surface area contributed by atoms with Gasteiger partial charge in [0.25, 0.3) is 5.91 Å². The Morgan fingerprint density at radius 1 is 1.37 bits per heavy atom. The number of nitrogens with zero attached hydrogens (tertiary/aromatic N) is 2. The van der Waals surface area contributed by atoms with Crippen LogP contribution in [0.1, 0.15) is 16.1 Å². The Morgan fingerprint density at radius 3 is 2.79 bits per heavy atom. The van der Waals surface area contributed by atoms with E-state index in [9.17, 15) is 9.18 Å². The fraction of sp³-hybridized carbons (Fsp3) is 0. The maximum absolute atomic E-state index is 13.5. The van der Waals surface area contributed by atoms with E-state index >= 15 is 0 Å². The van der Waals surface area contributed by atoms with Gasteiger partial charge in [-0.05, 0) is 30.3 Å². The summed E-state index contributed by atoms with van der Waals surface area (Å²) in [5.74, 6) is -1.02. The number of halogens is 2. The average molecular weight is 320 g/mol. The number of carbonyl (C=O) groups excluding carboxylic acids is 1. The smallest absolute Gasteiger partial charge is 0.257 e. The predicted octanol–water partition coefficient (Wildman–Crippen LogP) is 3.11. The molecule has 0 bridgehead atoms. The van der Waals surface area contributed by atoms with Crippen LogP contribution >= 0.6 is 15.9 Å². The molecule has 0 aliphatic heterocycles. The molecule has 2 rings (SSSR count). The zero-order valence-corrected chi connectivity index (χ0v) is 11.1. The van der Waals surface area contributed by atoms with Crippen LogP contribution in [0.25, 0.3) is 0 Å². The van der Waals surface area contributed by atoms with Crippen LogP contribution in [0.4, 0.5) is 10.1 Å². The number of anilines is 1. The summed E-state index contributed by atoms with van der Waals surface area (Å²) in [7, 11) is 0. The van der Waals surface area contributed by atoms with E-state index in [4.69, 9.17) is 5.26 Å². The molecular weight excluding hydrogens is 313 g/mol. The second-order valence-electron chi connectivity index (χ2n) is 3.62. The fourth-order valence-electron chi connectivity index (χ4n) is 1.38. The zero-order valence-electron chi connectivity index (χ0n) is 9.52. The highest BCUT2D eigenvalue weighted by atomic mass is 79.9. The van der Waals surface area contributed by atoms with Crippen molar-refractivity contribution in [1.29, 1.82) is 5.26 Å². The molecule has 0 aliphatic carbocycles. The maximum Gasteiger partial charge on any atom is 0.257 e. The Hall–Kier alpha value is -2.26. The third-order valence-electron chi connectivity index (χ3n) is 2.32. The van der Waals surface area contributed by atoms with Gasteiger partial charge in [-0.2, -0.15) is 5.26 Å². The van der Waals surface area contributed by atoms with E-state index in [1.54, 1.807) is 0 Å². The van der Waals surface area contributed by atoms with E-state index in [-0.39, 0.29) is 16.9 Å². The number of amides is 1. The largest absolute Gasteiger partial charge is 0.319 e. The van der Waals surface area contributed by atoms with Crippen LogP contribution in [0.3, 0.4) is 0 Å². The van der Waals surface area contributed by atoms with E-state index in [1.807, 2.05) is 6.07 Å². The van der Waals surface area contributed by atoms with Crippen molar-refractivity contribution in [2.24, 2.45) is 0 Å².